The predicted molar refractivity (Wildman–Crippen MR) is 107 cm³/mol. The van der Waals surface area contributed by atoms with Gasteiger partial charge < -0.3 is 9.73 Å². The molecular weight excluding hydrogens is 360 g/mol. The van der Waals surface area contributed by atoms with Gasteiger partial charge in [-0.05, 0) is 42.3 Å². The molecular formula is C22H17ClN2O2. The molecule has 1 heterocycles. The number of halogens is 1. The van der Waals surface area contributed by atoms with Gasteiger partial charge in [-0.15, -0.1) is 0 Å². The molecule has 4 nitrogen and oxygen atoms in total. The Bertz CT molecular complexity index is 1090. The van der Waals surface area contributed by atoms with Gasteiger partial charge in [0.25, 0.3) is 5.91 Å². The summed E-state index contributed by atoms with van der Waals surface area (Å²) in [5.41, 5.74) is 3.65. The molecule has 1 N–H and O–H groups in total. The highest BCUT2D eigenvalue weighted by Gasteiger charge is 2.12. The highest BCUT2D eigenvalue weighted by molar-refractivity contribution is 6.33. The van der Waals surface area contributed by atoms with Gasteiger partial charge >= 0.3 is 0 Å². The number of hydrogen-bond donors (Lipinski definition) is 1. The van der Waals surface area contributed by atoms with Crippen molar-refractivity contribution in [3.05, 3.63) is 94.8 Å². The molecule has 4 aromatic rings. The minimum atomic E-state index is -0.243. The summed E-state index contributed by atoms with van der Waals surface area (Å²) in [7, 11) is 0. The van der Waals surface area contributed by atoms with Gasteiger partial charge in [0.05, 0.1) is 10.7 Å². The molecule has 0 unspecified atom stereocenters. The Morgan fingerprint density at radius 2 is 1.74 bits per heavy atom. The lowest BCUT2D eigenvalue weighted by molar-refractivity contribution is 0.102. The lowest BCUT2D eigenvalue weighted by atomic mass is 10.1. The third-order valence-corrected chi connectivity index (χ3v) is 4.62. The first-order valence-electron chi connectivity index (χ1n) is 8.68. The van der Waals surface area contributed by atoms with E-state index in [1.807, 2.05) is 30.3 Å². The number of hydrogen-bond acceptors (Lipinski definition) is 3. The van der Waals surface area contributed by atoms with E-state index in [0.29, 0.717) is 34.2 Å². The van der Waals surface area contributed by atoms with Crippen LogP contribution < -0.4 is 5.32 Å². The lowest BCUT2D eigenvalue weighted by Gasteiger charge is -2.06. The molecule has 0 saturated heterocycles. The van der Waals surface area contributed by atoms with E-state index < -0.39 is 0 Å². The van der Waals surface area contributed by atoms with Crippen LogP contribution in [0.2, 0.25) is 5.02 Å². The average Bonchev–Trinajstić information content (AvgIpc) is 3.11. The van der Waals surface area contributed by atoms with E-state index in [1.165, 1.54) is 5.56 Å². The third-order valence-electron chi connectivity index (χ3n) is 4.29. The van der Waals surface area contributed by atoms with Gasteiger partial charge in [-0.1, -0.05) is 54.1 Å². The second-order valence-corrected chi connectivity index (χ2v) is 6.62. The van der Waals surface area contributed by atoms with E-state index in [-0.39, 0.29) is 5.91 Å². The summed E-state index contributed by atoms with van der Waals surface area (Å²) in [6.45, 7) is 0. The number of anilines is 1. The number of carbonyl (C=O) groups excluding carboxylic acids is 1. The Morgan fingerprint density at radius 1 is 0.963 bits per heavy atom. The molecule has 0 radical (unpaired) electrons. The highest BCUT2D eigenvalue weighted by atomic mass is 35.5. The molecule has 134 valence electrons. The van der Waals surface area contributed by atoms with Crippen LogP contribution in [0.15, 0.2) is 77.2 Å². The molecule has 4 rings (SSSR count). The molecule has 0 saturated carbocycles. The van der Waals surface area contributed by atoms with Crippen LogP contribution in [-0.2, 0) is 12.8 Å². The Kier molecular flexibility index (Phi) is 4.90. The Hall–Kier alpha value is -3.11. The molecule has 0 atom stereocenters. The van der Waals surface area contributed by atoms with Crippen LogP contribution in [0.4, 0.5) is 5.69 Å². The van der Waals surface area contributed by atoms with Crippen LogP contribution in [0, 0.1) is 0 Å². The van der Waals surface area contributed by atoms with E-state index in [0.717, 1.165) is 11.9 Å². The largest absolute Gasteiger partial charge is 0.441 e. The van der Waals surface area contributed by atoms with Gasteiger partial charge in [0.2, 0.25) is 0 Å². The summed E-state index contributed by atoms with van der Waals surface area (Å²) >= 11 is 6.10. The number of nitrogens with one attached hydrogen (secondary N) is 1. The monoisotopic (exact) mass is 376 g/mol. The number of oxazole rings is 1. The van der Waals surface area contributed by atoms with Crippen molar-refractivity contribution in [2.75, 3.05) is 5.32 Å². The van der Waals surface area contributed by atoms with Crippen molar-refractivity contribution in [2.45, 2.75) is 12.8 Å². The number of fused-ring (bicyclic) bond motifs is 1. The van der Waals surface area contributed by atoms with Gasteiger partial charge in [0.15, 0.2) is 11.5 Å². The van der Waals surface area contributed by atoms with Crippen molar-refractivity contribution in [1.82, 2.24) is 4.98 Å². The van der Waals surface area contributed by atoms with Gasteiger partial charge in [0.1, 0.15) is 5.52 Å². The predicted octanol–water partition coefficient (Wildman–Crippen LogP) is 5.52. The SMILES string of the molecule is O=C(Nc1ccccc1Cl)c1ccc2nc(CCc3ccccc3)oc2c1. The summed E-state index contributed by atoms with van der Waals surface area (Å²) in [5.74, 6) is 0.421. The zero-order valence-electron chi connectivity index (χ0n) is 14.5. The fraction of sp³-hybridized carbons (Fsp3) is 0.0909. The minimum Gasteiger partial charge on any atom is -0.441 e. The first-order chi connectivity index (χ1) is 13.2. The smallest absolute Gasteiger partial charge is 0.255 e. The summed E-state index contributed by atoms with van der Waals surface area (Å²) in [4.78, 5) is 17.0. The fourth-order valence-corrected chi connectivity index (χ4v) is 3.06. The van der Waals surface area contributed by atoms with Crippen molar-refractivity contribution in [2.24, 2.45) is 0 Å². The second-order valence-electron chi connectivity index (χ2n) is 6.21. The second kappa shape index (κ2) is 7.64. The molecule has 0 aliphatic heterocycles. The molecule has 1 amide bonds. The molecule has 0 aliphatic rings. The van der Waals surface area contributed by atoms with Gasteiger partial charge in [0, 0.05) is 12.0 Å². The zero-order chi connectivity index (χ0) is 18.6. The van der Waals surface area contributed by atoms with Crippen molar-refractivity contribution in [3.8, 4) is 0 Å². The molecule has 3 aromatic carbocycles. The summed E-state index contributed by atoms with van der Waals surface area (Å²) < 4.78 is 5.84. The van der Waals surface area contributed by atoms with E-state index >= 15 is 0 Å². The Morgan fingerprint density at radius 3 is 2.56 bits per heavy atom. The number of amides is 1. The number of benzene rings is 3. The standard InChI is InChI=1S/C22H17ClN2O2/c23-17-8-4-5-9-18(17)25-22(26)16-11-12-19-20(14-16)27-21(24-19)13-10-15-6-2-1-3-7-15/h1-9,11-12,14H,10,13H2,(H,25,26). The molecule has 5 heteroatoms. The van der Waals surface area contributed by atoms with Crippen molar-refractivity contribution >= 4 is 34.3 Å². The fourth-order valence-electron chi connectivity index (χ4n) is 2.87. The topological polar surface area (TPSA) is 55.1 Å². The van der Waals surface area contributed by atoms with E-state index in [4.69, 9.17) is 16.0 Å². The van der Waals surface area contributed by atoms with Crippen molar-refractivity contribution in [1.29, 1.82) is 0 Å². The zero-order valence-corrected chi connectivity index (χ0v) is 15.2. The van der Waals surface area contributed by atoms with Gasteiger partial charge in [-0.2, -0.15) is 0 Å². The molecule has 0 aliphatic carbocycles. The molecule has 0 fully saturated rings. The number of nitrogens with zero attached hydrogens (tertiary/aromatic N) is 1. The molecule has 1 aromatic heterocycles. The van der Waals surface area contributed by atoms with E-state index in [2.05, 4.69) is 22.4 Å². The van der Waals surface area contributed by atoms with Crippen LogP contribution >= 0.6 is 11.6 Å². The van der Waals surface area contributed by atoms with Crippen LogP contribution in [0.5, 0.6) is 0 Å². The van der Waals surface area contributed by atoms with Crippen LogP contribution in [0.3, 0.4) is 0 Å². The number of aryl methyl sites for hydroxylation is 2. The minimum absolute atomic E-state index is 0.243. The summed E-state index contributed by atoms with van der Waals surface area (Å²) in [5, 5.41) is 3.31. The number of para-hydroxylation sites is 1. The lowest BCUT2D eigenvalue weighted by Crippen LogP contribution is -2.11. The molecule has 27 heavy (non-hydrogen) atoms. The maximum absolute atomic E-state index is 12.5. The van der Waals surface area contributed by atoms with E-state index in [1.54, 1.807) is 30.3 Å². The van der Waals surface area contributed by atoms with Crippen LogP contribution in [0.1, 0.15) is 21.8 Å². The highest BCUT2D eigenvalue weighted by Crippen LogP contribution is 2.23. The maximum atomic E-state index is 12.5. The maximum Gasteiger partial charge on any atom is 0.255 e. The van der Waals surface area contributed by atoms with Gasteiger partial charge in [-0.25, -0.2) is 4.98 Å². The first-order valence-corrected chi connectivity index (χ1v) is 9.06. The van der Waals surface area contributed by atoms with Crippen LogP contribution in [-0.4, -0.2) is 10.9 Å². The Labute approximate surface area is 161 Å². The first kappa shape index (κ1) is 17.3. The molecule has 0 spiro atoms. The van der Waals surface area contributed by atoms with Crippen LogP contribution in [0.25, 0.3) is 11.1 Å². The van der Waals surface area contributed by atoms with Crippen molar-refractivity contribution < 1.29 is 9.21 Å². The van der Waals surface area contributed by atoms with E-state index in [9.17, 15) is 4.79 Å². The van der Waals surface area contributed by atoms with Crippen molar-refractivity contribution in [3.63, 3.8) is 0 Å². The Balaban J connectivity index is 1.50. The normalized spacial score (nSPS) is 10.9. The molecule has 0 bridgehead atoms. The number of carbonyl (C=O) groups is 1. The number of aromatic nitrogens is 1. The number of rotatable bonds is 5. The average molecular weight is 377 g/mol. The van der Waals surface area contributed by atoms with Gasteiger partial charge in [-0.3, -0.25) is 4.79 Å². The third kappa shape index (κ3) is 4.01. The summed E-state index contributed by atoms with van der Waals surface area (Å²) in [6.07, 6.45) is 1.56. The quantitative estimate of drug-likeness (QED) is 0.499. The summed E-state index contributed by atoms with van der Waals surface area (Å²) in [6, 6.07) is 22.6.